The van der Waals surface area contributed by atoms with E-state index in [0.717, 1.165) is 0 Å². The quantitative estimate of drug-likeness (QED) is 0.0630. The summed E-state index contributed by atoms with van der Waals surface area (Å²) in [6.07, 6.45) is 0.215. The largest absolute Gasteiger partial charge is 0.492 e. The average molecular weight is 739 g/mol. The van der Waals surface area contributed by atoms with Crippen LogP contribution in [-0.2, 0) is 35.1 Å². The first-order valence-corrected chi connectivity index (χ1v) is 17.1. The fourth-order valence-electron chi connectivity index (χ4n) is 5.61. The Morgan fingerprint density at radius 3 is 2.25 bits per heavy atom. The van der Waals surface area contributed by atoms with E-state index in [1.807, 2.05) is 0 Å². The summed E-state index contributed by atoms with van der Waals surface area (Å²) in [5.74, 6) is -2.33. The number of carbonyl (C=O) groups excluding carboxylic acids is 5. The first kappa shape index (κ1) is 42.1. The van der Waals surface area contributed by atoms with Gasteiger partial charge in [-0.3, -0.25) is 29.3 Å². The minimum absolute atomic E-state index is 0.0300. The van der Waals surface area contributed by atoms with Crippen molar-refractivity contribution in [1.29, 1.82) is 5.26 Å². The number of rotatable bonds is 17. The number of hydrogen-bond donors (Lipinski definition) is 8. The Balaban J connectivity index is 2.24. The highest BCUT2D eigenvalue weighted by molar-refractivity contribution is 5.96. The number of hydrogen-bond acceptors (Lipinski definition) is 13. The number of nitrogens with two attached hydrogens (primary N) is 3. The van der Waals surface area contributed by atoms with Gasteiger partial charge in [0.25, 0.3) is 0 Å². The van der Waals surface area contributed by atoms with Crippen LogP contribution in [0.1, 0.15) is 30.5 Å². The third-order valence-electron chi connectivity index (χ3n) is 8.23. The second-order valence-electron chi connectivity index (χ2n) is 12.1. The van der Waals surface area contributed by atoms with Gasteiger partial charge in [0.1, 0.15) is 49.4 Å². The number of carbonyl (C=O) groups is 5. The second kappa shape index (κ2) is 21.3. The van der Waals surface area contributed by atoms with E-state index in [2.05, 4.69) is 26.6 Å². The minimum atomic E-state index is -1.27. The Hall–Kier alpha value is -5.32. The molecule has 3 rings (SSSR count). The molecule has 1 aliphatic heterocycles. The molecule has 288 valence electrons. The third-order valence-corrected chi connectivity index (χ3v) is 8.23. The summed E-state index contributed by atoms with van der Waals surface area (Å²) >= 11 is 0. The molecule has 2 aromatic carbocycles. The highest BCUT2D eigenvalue weighted by Gasteiger charge is 2.35. The number of fused-ring (bicyclic) bond motifs is 5. The zero-order chi connectivity index (χ0) is 38.9. The maximum Gasteiger partial charge on any atom is 0.248 e. The van der Waals surface area contributed by atoms with Gasteiger partial charge in [-0.05, 0) is 55.3 Å². The van der Waals surface area contributed by atoms with Crippen molar-refractivity contribution in [2.24, 2.45) is 17.2 Å². The summed E-state index contributed by atoms with van der Waals surface area (Å²) in [5.41, 5.74) is 19.3. The predicted octanol–water partition coefficient (Wildman–Crippen LogP) is -2.26. The normalized spacial score (nSPS) is 17.6. The Morgan fingerprint density at radius 2 is 1.62 bits per heavy atom. The van der Waals surface area contributed by atoms with Crippen LogP contribution in [0, 0.1) is 11.3 Å². The molecule has 0 aromatic heterocycles. The fraction of sp³-hybridized carbons (Fsp3) is 0.486. The molecule has 0 saturated heterocycles. The van der Waals surface area contributed by atoms with Crippen LogP contribution >= 0.6 is 0 Å². The van der Waals surface area contributed by atoms with Gasteiger partial charge in [-0.2, -0.15) is 5.26 Å². The van der Waals surface area contributed by atoms with Crippen LogP contribution in [0.2, 0.25) is 0 Å². The van der Waals surface area contributed by atoms with Crippen molar-refractivity contribution < 1.29 is 38.2 Å². The number of nitriles is 1. The first-order chi connectivity index (χ1) is 25.5. The lowest BCUT2D eigenvalue weighted by Gasteiger charge is -2.32. The van der Waals surface area contributed by atoms with Crippen molar-refractivity contribution in [3.8, 4) is 28.7 Å². The van der Waals surface area contributed by atoms with Crippen LogP contribution in [0.3, 0.4) is 0 Å². The summed E-state index contributed by atoms with van der Waals surface area (Å²) in [5, 5.41) is 22.0. The molecular formula is C35H50N10O8. The molecule has 53 heavy (non-hydrogen) atoms. The number of benzene rings is 2. The van der Waals surface area contributed by atoms with Gasteiger partial charge in [-0.15, -0.1) is 0 Å². The Kier molecular flexibility index (Phi) is 16.9. The molecule has 0 radical (unpaired) electrons. The molecule has 0 aliphatic carbocycles. The fourth-order valence-corrected chi connectivity index (χ4v) is 5.61. The van der Waals surface area contributed by atoms with Crippen molar-refractivity contribution in [3.63, 3.8) is 0 Å². The van der Waals surface area contributed by atoms with Gasteiger partial charge in [0.2, 0.25) is 29.5 Å². The third kappa shape index (κ3) is 11.8. The summed E-state index contributed by atoms with van der Waals surface area (Å²) in [4.78, 5) is 68.6. The molecule has 0 fully saturated rings. The van der Waals surface area contributed by atoms with E-state index in [4.69, 9.17) is 36.7 Å². The summed E-state index contributed by atoms with van der Waals surface area (Å²) in [7, 11) is 2.94. The molecule has 0 saturated carbocycles. The van der Waals surface area contributed by atoms with Gasteiger partial charge in [-0.1, -0.05) is 12.1 Å². The monoisotopic (exact) mass is 738 g/mol. The average Bonchev–Trinajstić information content (AvgIpc) is 3.15. The SMILES string of the molecule is COCN[C@@H](CCN)C(=O)N(C)[C@@H]1C(=O)N[C@@H](C)C(=O)N[C@H](C(=O)NCC(=O)NCC#N)Cc2ccc(OCCN)c(c2)-c2cc1ccc2OCCN. The number of amides is 5. The zero-order valence-corrected chi connectivity index (χ0v) is 30.2. The van der Waals surface area contributed by atoms with Crippen LogP contribution in [0.25, 0.3) is 11.1 Å². The molecule has 4 atom stereocenters. The van der Waals surface area contributed by atoms with E-state index < -0.39 is 60.2 Å². The Labute approximate surface area is 308 Å². The Bertz CT molecular complexity index is 1630. The summed E-state index contributed by atoms with van der Waals surface area (Å²) in [6.45, 7) is 1.72. The number of methoxy groups -OCH3 is 1. The number of ether oxygens (including phenoxy) is 3. The maximum absolute atomic E-state index is 14.2. The lowest BCUT2D eigenvalue weighted by molar-refractivity contribution is -0.142. The van der Waals surface area contributed by atoms with Gasteiger partial charge in [-0.25, -0.2) is 0 Å². The van der Waals surface area contributed by atoms with Gasteiger partial charge in [0, 0.05) is 44.8 Å². The van der Waals surface area contributed by atoms with E-state index in [-0.39, 0.29) is 59.0 Å². The molecule has 1 heterocycles. The number of likely N-dealkylation sites (N-methyl/N-ethyl adjacent to an activating group) is 1. The van der Waals surface area contributed by atoms with E-state index in [1.165, 1.54) is 26.0 Å². The van der Waals surface area contributed by atoms with Crippen LogP contribution in [-0.4, -0.2) is 119 Å². The van der Waals surface area contributed by atoms with Crippen molar-refractivity contribution in [2.75, 3.05) is 66.8 Å². The van der Waals surface area contributed by atoms with Crippen molar-refractivity contribution in [2.45, 2.75) is 43.9 Å². The lowest BCUT2D eigenvalue weighted by atomic mass is 9.93. The molecule has 11 N–H and O–H groups in total. The molecule has 4 bridgehead atoms. The van der Waals surface area contributed by atoms with Crippen LogP contribution in [0.15, 0.2) is 36.4 Å². The van der Waals surface area contributed by atoms with Crippen molar-refractivity contribution >= 4 is 29.5 Å². The highest BCUT2D eigenvalue weighted by atomic mass is 16.5. The standard InChI is InChI=1S/C35H50N10O8/c1-21-32(47)44-27(33(48)41-19-30(46)40-13-10-37)17-22-4-6-28(52-14-11-38)24(16-22)25-18-23(5-7-29(25)53-15-12-39)31(34(49)43-21)45(2)35(50)26(8-9-36)42-20-51-3/h4-7,16,18,21,26-27,31,42H,8-9,11-15,17,19-20,36,38-39H2,1-3H3,(H,40,46)(H,41,48)(H,43,49)(H,44,47)/t21-,26-,27-,31-/m0/s1. The second-order valence-corrected chi connectivity index (χ2v) is 12.1. The van der Waals surface area contributed by atoms with Crippen molar-refractivity contribution in [3.05, 3.63) is 47.5 Å². The topological polar surface area (TPSA) is 278 Å². The number of nitrogens with zero attached hydrogens (tertiary/aromatic N) is 2. The van der Waals surface area contributed by atoms with Crippen LogP contribution in [0.5, 0.6) is 11.5 Å². The first-order valence-electron chi connectivity index (χ1n) is 17.1. The van der Waals surface area contributed by atoms with Gasteiger partial charge >= 0.3 is 0 Å². The molecule has 5 amide bonds. The molecular weight excluding hydrogens is 688 g/mol. The van der Waals surface area contributed by atoms with Crippen molar-refractivity contribution in [1.82, 2.24) is 31.5 Å². The lowest BCUT2D eigenvalue weighted by Crippen LogP contribution is -2.56. The zero-order valence-electron chi connectivity index (χ0n) is 30.2. The minimum Gasteiger partial charge on any atom is -0.492 e. The Morgan fingerprint density at radius 1 is 0.962 bits per heavy atom. The van der Waals surface area contributed by atoms with E-state index in [1.54, 1.807) is 42.5 Å². The molecule has 2 aromatic rings. The van der Waals surface area contributed by atoms with Gasteiger partial charge in [0.15, 0.2) is 0 Å². The van der Waals surface area contributed by atoms with Crippen LogP contribution < -0.4 is 53.3 Å². The maximum atomic E-state index is 14.2. The summed E-state index contributed by atoms with van der Waals surface area (Å²) < 4.78 is 17.2. The summed E-state index contributed by atoms with van der Waals surface area (Å²) in [6, 6.07) is 7.53. The van der Waals surface area contributed by atoms with E-state index >= 15 is 0 Å². The van der Waals surface area contributed by atoms with E-state index in [0.29, 0.717) is 33.8 Å². The highest BCUT2D eigenvalue weighted by Crippen LogP contribution is 2.40. The molecule has 18 nitrogen and oxygen atoms in total. The molecule has 0 spiro atoms. The molecule has 0 unspecified atom stereocenters. The van der Waals surface area contributed by atoms with Gasteiger partial charge < -0.3 is 57.6 Å². The predicted molar refractivity (Wildman–Crippen MR) is 194 cm³/mol. The van der Waals surface area contributed by atoms with Crippen LogP contribution in [0.4, 0.5) is 0 Å². The van der Waals surface area contributed by atoms with Gasteiger partial charge in [0.05, 0.1) is 25.4 Å². The molecule has 1 aliphatic rings. The number of nitrogens with one attached hydrogen (secondary N) is 5. The smallest absolute Gasteiger partial charge is 0.248 e. The molecule has 18 heteroatoms. The van der Waals surface area contributed by atoms with E-state index in [9.17, 15) is 24.0 Å².